The fourth-order valence-corrected chi connectivity index (χ4v) is 5.57. The number of aliphatic imine (C=N–C) groups is 1. The van der Waals surface area contributed by atoms with E-state index in [0.29, 0.717) is 41.8 Å². The van der Waals surface area contributed by atoms with Crippen molar-refractivity contribution in [1.29, 1.82) is 0 Å². The number of hydrogen-bond acceptors (Lipinski definition) is 6. The van der Waals surface area contributed by atoms with E-state index in [1.807, 2.05) is 6.07 Å². The van der Waals surface area contributed by atoms with Crippen LogP contribution in [0.15, 0.2) is 49.4 Å². The summed E-state index contributed by atoms with van der Waals surface area (Å²) in [4.78, 5) is 35.2. The first kappa shape index (κ1) is 23.7. The van der Waals surface area contributed by atoms with Crippen molar-refractivity contribution in [1.82, 2.24) is 19.3 Å². The van der Waals surface area contributed by atoms with Crippen molar-refractivity contribution in [3.8, 4) is 0 Å². The molecule has 0 amide bonds. The molecule has 8 nitrogen and oxygen atoms in total. The smallest absolute Gasteiger partial charge is 0.332 e. The largest absolute Gasteiger partial charge is 0.339 e. The number of aromatic nitrogens is 4. The topological polar surface area (TPSA) is 95.3 Å². The second-order valence-electron chi connectivity index (χ2n) is 9.48. The number of aryl methyl sites for hydroxylation is 1. The minimum Gasteiger partial charge on any atom is -0.339 e. The number of fused-ring (bicyclic) bond motifs is 1. The Kier molecular flexibility index (Phi) is 6.73. The first-order chi connectivity index (χ1) is 17.0. The van der Waals surface area contributed by atoms with Gasteiger partial charge in [-0.05, 0) is 31.2 Å². The van der Waals surface area contributed by atoms with E-state index < -0.39 is 0 Å². The Morgan fingerprint density at radius 2 is 1.80 bits per heavy atom. The Balaban J connectivity index is 1.34. The van der Waals surface area contributed by atoms with Crippen LogP contribution in [0.5, 0.6) is 0 Å². The minimum atomic E-state index is -0.336. The molecule has 3 heterocycles. The Morgan fingerprint density at radius 3 is 2.54 bits per heavy atom. The van der Waals surface area contributed by atoms with Gasteiger partial charge in [0.05, 0.1) is 11.0 Å². The fourth-order valence-electron chi connectivity index (χ4n) is 5.36. The zero-order chi connectivity index (χ0) is 24.4. The van der Waals surface area contributed by atoms with Crippen molar-refractivity contribution in [2.45, 2.75) is 83.2 Å². The lowest BCUT2D eigenvalue weighted by molar-refractivity contribution is 0.354. The number of halogens is 1. The Hall–Kier alpha value is -3.00. The lowest BCUT2D eigenvalue weighted by atomic mass is 9.78. The van der Waals surface area contributed by atoms with Crippen LogP contribution in [0.2, 0.25) is 0 Å². The molecule has 5 rings (SSSR count). The third-order valence-corrected chi connectivity index (χ3v) is 7.45. The van der Waals surface area contributed by atoms with Crippen molar-refractivity contribution in [3.05, 3.63) is 74.0 Å². The SMILES string of the molecule is CCCCn1c2c(c(=O)n(CCCc3nc(C4(c5ccccc5)CCCC4)no3)c1=O)CC(Cl)=N2. The molecule has 0 atom stereocenters. The highest BCUT2D eigenvalue weighted by molar-refractivity contribution is 6.66. The molecule has 0 bridgehead atoms. The fraction of sp³-hybridized carbons (Fsp3) is 0.500. The van der Waals surface area contributed by atoms with Crippen molar-refractivity contribution in [2.75, 3.05) is 0 Å². The second-order valence-corrected chi connectivity index (χ2v) is 9.92. The lowest BCUT2D eigenvalue weighted by Gasteiger charge is -2.25. The zero-order valence-electron chi connectivity index (χ0n) is 20.0. The van der Waals surface area contributed by atoms with Gasteiger partial charge in [-0.15, -0.1) is 0 Å². The summed E-state index contributed by atoms with van der Waals surface area (Å²) in [6.07, 6.45) is 7.34. The van der Waals surface area contributed by atoms with Crippen LogP contribution < -0.4 is 11.2 Å². The van der Waals surface area contributed by atoms with Gasteiger partial charge in [0.2, 0.25) is 5.89 Å². The molecule has 1 fully saturated rings. The zero-order valence-corrected chi connectivity index (χ0v) is 20.8. The third kappa shape index (κ3) is 4.40. The summed E-state index contributed by atoms with van der Waals surface area (Å²) in [6.45, 7) is 2.85. The van der Waals surface area contributed by atoms with Crippen LogP contribution in [-0.4, -0.2) is 24.4 Å². The van der Waals surface area contributed by atoms with E-state index in [1.165, 1.54) is 10.1 Å². The predicted octanol–water partition coefficient (Wildman–Crippen LogP) is 4.51. The van der Waals surface area contributed by atoms with Crippen LogP contribution in [0.4, 0.5) is 5.82 Å². The molecule has 0 saturated heterocycles. The average Bonchev–Trinajstić information content (AvgIpc) is 3.62. The van der Waals surface area contributed by atoms with Crippen molar-refractivity contribution >= 4 is 22.6 Å². The third-order valence-electron chi connectivity index (χ3n) is 7.23. The Labute approximate surface area is 208 Å². The Morgan fingerprint density at radius 1 is 1.06 bits per heavy atom. The van der Waals surface area contributed by atoms with Gasteiger partial charge >= 0.3 is 5.69 Å². The van der Waals surface area contributed by atoms with E-state index in [9.17, 15) is 9.59 Å². The lowest BCUT2D eigenvalue weighted by Crippen LogP contribution is -2.41. The summed E-state index contributed by atoms with van der Waals surface area (Å²) >= 11 is 6.12. The van der Waals surface area contributed by atoms with Gasteiger partial charge in [-0.25, -0.2) is 9.79 Å². The van der Waals surface area contributed by atoms with Gasteiger partial charge in [0.1, 0.15) is 11.0 Å². The summed E-state index contributed by atoms with van der Waals surface area (Å²) in [5.74, 6) is 1.69. The normalized spacial score (nSPS) is 16.5. The van der Waals surface area contributed by atoms with Gasteiger partial charge in [-0.2, -0.15) is 4.98 Å². The molecule has 9 heteroatoms. The van der Waals surface area contributed by atoms with Crippen LogP contribution in [0, 0.1) is 0 Å². The minimum absolute atomic E-state index is 0.202. The average molecular weight is 496 g/mol. The van der Waals surface area contributed by atoms with E-state index in [2.05, 4.69) is 41.3 Å². The number of rotatable bonds is 9. The molecular formula is C26H30ClN5O3. The van der Waals surface area contributed by atoms with Crippen molar-refractivity contribution in [3.63, 3.8) is 0 Å². The van der Waals surface area contributed by atoms with Crippen molar-refractivity contribution in [2.24, 2.45) is 4.99 Å². The van der Waals surface area contributed by atoms with Crippen LogP contribution in [0.3, 0.4) is 0 Å². The van der Waals surface area contributed by atoms with Crippen LogP contribution in [0.25, 0.3) is 0 Å². The summed E-state index contributed by atoms with van der Waals surface area (Å²) in [7, 11) is 0. The highest BCUT2D eigenvalue weighted by Gasteiger charge is 2.41. The maximum absolute atomic E-state index is 13.1. The molecule has 2 aromatic heterocycles. The van der Waals surface area contributed by atoms with Crippen LogP contribution in [0.1, 0.15) is 74.7 Å². The molecule has 184 valence electrons. The van der Waals surface area contributed by atoms with Gasteiger partial charge in [0.15, 0.2) is 5.82 Å². The molecule has 35 heavy (non-hydrogen) atoms. The molecule has 2 aliphatic rings. The van der Waals surface area contributed by atoms with Gasteiger partial charge in [-0.3, -0.25) is 13.9 Å². The summed E-state index contributed by atoms with van der Waals surface area (Å²) < 4.78 is 8.51. The molecule has 1 aliphatic heterocycles. The van der Waals surface area contributed by atoms with Crippen LogP contribution >= 0.6 is 11.6 Å². The standard InChI is InChI=1S/C26H30ClN5O3/c1-2-3-15-31-22-19(17-20(27)28-22)23(33)32(25(31)34)16-9-12-21-29-24(30-35-21)26(13-7-8-14-26)18-10-5-4-6-11-18/h4-6,10-11H,2-3,7-9,12-17H2,1H3. The monoisotopic (exact) mass is 495 g/mol. The number of nitrogens with zero attached hydrogens (tertiary/aromatic N) is 5. The highest BCUT2D eigenvalue weighted by atomic mass is 35.5. The van der Waals surface area contributed by atoms with Gasteiger partial charge < -0.3 is 4.52 Å². The van der Waals surface area contributed by atoms with Crippen molar-refractivity contribution < 1.29 is 4.52 Å². The molecule has 3 aromatic rings. The maximum Gasteiger partial charge on any atom is 0.332 e. The molecule has 0 unspecified atom stereocenters. The summed E-state index contributed by atoms with van der Waals surface area (Å²) in [6, 6.07) is 10.4. The quantitative estimate of drug-likeness (QED) is 0.435. The van der Waals surface area contributed by atoms with Crippen LogP contribution in [-0.2, 0) is 31.3 Å². The summed E-state index contributed by atoms with van der Waals surface area (Å²) in [5, 5.41) is 4.71. The number of benzene rings is 1. The maximum atomic E-state index is 13.1. The predicted molar refractivity (Wildman–Crippen MR) is 135 cm³/mol. The van der Waals surface area contributed by atoms with Gasteiger partial charge in [0.25, 0.3) is 5.56 Å². The molecule has 1 aliphatic carbocycles. The molecule has 1 saturated carbocycles. The van der Waals surface area contributed by atoms with E-state index >= 15 is 0 Å². The second kappa shape index (κ2) is 9.93. The van der Waals surface area contributed by atoms with E-state index in [0.717, 1.165) is 44.3 Å². The van der Waals surface area contributed by atoms with E-state index in [-0.39, 0.29) is 29.6 Å². The Bertz CT molecular complexity index is 1350. The van der Waals surface area contributed by atoms with E-state index in [1.54, 1.807) is 4.57 Å². The molecule has 0 spiro atoms. The summed E-state index contributed by atoms with van der Waals surface area (Å²) in [5.41, 5.74) is 0.876. The first-order valence-corrected chi connectivity index (χ1v) is 12.9. The number of hydrogen-bond donors (Lipinski definition) is 0. The number of unbranched alkanes of at least 4 members (excludes halogenated alkanes) is 1. The van der Waals surface area contributed by atoms with Gasteiger partial charge in [-0.1, -0.05) is 73.3 Å². The molecule has 1 aromatic carbocycles. The molecule has 0 N–H and O–H groups in total. The molecular weight excluding hydrogens is 466 g/mol. The highest BCUT2D eigenvalue weighted by Crippen LogP contribution is 2.45. The molecule has 0 radical (unpaired) electrons. The van der Waals surface area contributed by atoms with Gasteiger partial charge in [0, 0.05) is 25.9 Å². The van der Waals surface area contributed by atoms with E-state index in [4.69, 9.17) is 21.1 Å². The first-order valence-electron chi connectivity index (χ1n) is 12.5.